The van der Waals surface area contributed by atoms with Crippen LogP contribution >= 0.6 is 0 Å². The minimum atomic E-state index is 0.392. The number of oxazole rings is 1. The second kappa shape index (κ2) is 3.82. The van der Waals surface area contributed by atoms with E-state index in [0.29, 0.717) is 19.0 Å². The zero-order valence-electron chi connectivity index (χ0n) is 8.77. The second-order valence-electron chi connectivity index (χ2n) is 3.36. The summed E-state index contributed by atoms with van der Waals surface area (Å²) in [5.41, 5.74) is 7.10. The lowest BCUT2D eigenvalue weighted by Gasteiger charge is -1.93. The van der Waals surface area contributed by atoms with Crippen LogP contribution in [0.2, 0.25) is 0 Å². The van der Waals surface area contributed by atoms with Crippen LogP contribution in [0.25, 0.3) is 0 Å². The monoisotopic (exact) mass is 207 g/mol. The highest BCUT2D eigenvalue weighted by Crippen LogP contribution is 2.09. The molecule has 2 N–H and O–H groups in total. The highest BCUT2D eigenvalue weighted by molar-refractivity contribution is 5.05. The molecule has 0 atom stereocenters. The fourth-order valence-corrected chi connectivity index (χ4v) is 1.25. The summed E-state index contributed by atoms with van der Waals surface area (Å²) in [6.07, 6.45) is 1.79. The van der Waals surface area contributed by atoms with Gasteiger partial charge in [-0.15, -0.1) is 5.10 Å². The van der Waals surface area contributed by atoms with Crippen LogP contribution in [0.5, 0.6) is 0 Å². The predicted octanol–water partition coefficient (Wildman–Crippen LogP) is 0.390. The Morgan fingerprint density at radius 3 is 2.80 bits per heavy atom. The molecule has 0 saturated carbocycles. The molecule has 0 aliphatic rings. The first kappa shape index (κ1) is 9.85. The average Bonchev–Trinajstić information content (AvgIpc) is 2.76. The smallest absolute Gasteiger partial charge is 0.216 e. The summed E-state index contributed by atoms with van der Waals surface area (Å²) >= 11 is 0. The molecule has 0 bridgehead atoms. The molecule has 2 aromatic heterocycles. The maximum atomic E-state index is 5.43. The number of rotatable bonds is 3. The van der Waals surface area contributed by atoms with Crippen molar-refractivity contribution in [2.45, 2.75) is 26.9 Å². The topological polar surface area (TPSA) is 82.8 Å². The highest BCUT2D eigenvalue weighted by Gasteiger charge is 2.07. The van der Waals surface area contributed by atoms with Crippen molar-refractivity contribution < 1.29 is 4.42 Å². The van der Waals surface area contributed by atoms with E-state index in [9.17, 15) is 0 Å². The molecular formula is C9H13N5O. The molecule has 80 valence electrons. The van der Waals surface area contributed by atoms with Crippen molar-refractivity contribution >= 4 is 0 Å². The largest absolute Gasteiger partial charge is 0.444 e. The summed E-state index contributed by atoms with van der Waals surface area (Å²) in [5.74, 6) is 1.47. The van der Waals surface area contributed by atoms with E-state index in [-0.39, 0.29) is 0 Å². The van der Waals surface area contributed by atoms with Gasteiger partial charge in [0.05, 0.1) is 17.6 Å². The summed E-state index contributed by atoms with van der Waals surface area (Å²) in [7, 11) is 0. The van der Waals surface area contributed by atoms with E-state index in [0.717, 1.165) is 17.1 Å². The predicted molar refractivity (Wildman–Crippen MR) is 53.0 cm³/mol. The quantitative estimate of drug-likeness (QED) is 0.787. The number of aryl methyl sites for hydroxylation is 2. The third-order valence-electron chi connectivity index (χ3n) is 2.17. The number of nitrogens with two attached hydrogens (primary N) is 1. The van der Waals surface area contributed by atoms with Crippen LogP contribution in [0.4, 0.5) is 0 Å². The van der Waals surface area contributed by atoms with Crippen molar-refractivity contribution in [1.82, 2.24) is 20.0 Å². The van der Waals surface area contributed by atoms with Gasteiger partial charge in [0.25, 0.3) is 0 Å². The molecule has 0 unspecified atom stereocenters. The lowest BCUT2D eigenvalue weighted by Crippen LogP contribution is -2.00. The van der Waals surface area contributed by atoms with Gasteiger partial charge in [0.15, 0.2) is 0 Å². The molecule has 15 heavy (non-hydrogen) atoms. The Balaban J connectivity index is 2.14. The molecule has 6 heteroatoms. The van der Waals surface area contributed by atoms with Crippen molar-refractivity contribution in [3.63, 3.8) is 0 Å². The van der Waals surface area contributed by atoms with Crippen molar-refractivity contribution in [2.75, 3.05) is 0 Å². The van der Waals surface area contributed by atoms with Gasteiger partial charge in [0.1, 0.15) is 12.3 Å². The van der Waals surface area contributed by atoms with Gasteiger partial charge < -0.3 is 10.2 Å². The van der Waals surface area contributed by atoms with Crippen molar-refractivity contribution in [2.24, 2.45) is 5.73 Å². The summed E-state index contributed by atoms with van der Waals surface area (Å²) in [5, 5.41) is 7.79. The maximum Gasteiger partial charge on any atom is 0.216 e. The summed E-state index contributed by atoms with van der Waals surface area (Å²) in [4.78, 5) is 4.25. The zero-order chi connectivity index (χ0) is 10.8. The number of aromatic nitrogens is 4. The van der Waals surface area contributed by atoms with Gasteiger partial charge in [-0.25, -0.2) is 9.67 Å². The zero-order valence-corrected chi connectivity index (χ0v) is 8.77. The van der Waals surface area contributed by atoms with Gasteiger partial charge in [0.2, 0.25) is 5.89 Å². The Morgan fingerprint density at radius 2 is 2.27 bits per heavy atom. The molecule has 0 fully saturated rings. The fourth-order valence-electron chi connectivity index (χ4n) is 1.25. The second-order valence-corrected chi connectivity index (χ2v) is 3.36. The third kappa shape index (κ3) is 2.04. The first-order valence-electron chi connectivity index (χ1n) is 4.71. The summed E-state index contributed by atoms with van der Waals surface area (Å²) < 4.78 is 7.09. The molecule has 0 aromatic carbocycles. The van der Waals surface area contributed by atoms with Crippen molar-refractivity contribution in [1.29, 1.82) is 0 Å². The first-order valence-corrected chi connectivity index (χ1v) is 4.71. The van der Waals surface area contributed by atoms with Crippen molar-refractivity contribution in [3.8, 4) is 0 Å². The van der Waals surface area contributed by atoms with Gasteiger partial charge in [-0.05, 0) is 13.8 Å². The van der Waals surface area contributed by atoms with E-state index < -0.39 is 0 Å². The Morgan fingerprint density at radius 1 is 1.47 bits per heavy atom. The van der Waals surface area contributed by atoms with Crippen LogP contribution in [0.1, 0.15) is 23.0 Å². The molecule has 0 radical (unpaired) electrons. The molecule has 0 saturated heterocycles. The van der Waals surface area contributed by atoms with Crippen LogP contribution in [-0.4, -0.2) is 20.0 Å². The third-order valence-corrected chi connectivity index (χ3v) is 2.17. The average molecular weight is 207 g/mol. The van der Waals surface area contributed by atoms with E-state index in [4.69, 9.17) is 10.2 Å². The van der Waals surface area contributed by atoms with Crippen LogP contribution in [0.15, 0.2) is 10.6 Å². The number of hydrogen-bond acceptors (Lipinski definition) is 5. The molecule has 2 heterocycles. The molecule has 0 aliphatic carbocycles. The standard InChI is InChI=1S/C9H13N5O/c1-6-7(2)15-9(11-6)5-14-4-8(3-10)12-13-14/h4H,3,5,10H2,1-2H3. The van der Waals surface area contributed by atoms with Gasteiger partial charge in [-0.2, -0.15) is 0 Å². The molecule has 0 amide bonds. The van der Waals surface area contributed by atoms with E-state index >= 15 is 0 Å². The Kier molecular flexibility index (Phi) is 2.51. The molecular weight excluding hydrogens is 194 g/mol. The Bertz CT molecular complexity index is 439. The van der Waals surface area contributed by atoms with Crippen molar-refractivity contribution in [3.05, 3.63) is 29.2 Å². The minimum absolute atomic E-state index is 0.392. The first-order chi connectivity index (χ1) is 7.19. The Labute approximate surface area is 87.1 Å². The normalized spacial score (nSPS) is 10.9. The number of nitrogens with zero attached hydrogens (tertiary/aromatic N) is 4. The molecule has 0 aliphatic heterocycles. The molecule has 2 aromatic rings. The molecule has 6 nitrogen and oxygen atoms in total. The summed E-state index contributed by atoms with van der Waals surface area (Å²) in [6, 6.07) is 0. The van der Waals surface area contributed by atoms with E-state index in [1.807, 2.05) is 13.8 Å². The van der Waals surface area contributed by atoms with Gasteiger partial charge in [-0.3, -0.25) is 0 Å². The highest BCUT2D eigenvalue weighted by atomic mass is 16.4. The summed E-state index contributed by atoms with van der Waals surface area (Å²) in [6.45, 7) is 4.68. The maximum absolute atomic E-state index is 5.43. The van der Waals surface area contributed by atoms with Gasteiger partial charge in [-0.1, -0.05) is 5.21 Å². The SMILES string of the molecule is Cc1nc(Cn2cc(CN)nn2)oc1C. The van der Waals surface area contributed by atoms with Crippen LogP contribution in [-0.2, 0) is 13.1 Å². The molecule has 2 rings (SSSR count). The van der Waals surface area contributed by atoms with Gasteiger partial charge >= 0.3 is 0 Å². The van der Waals surface area contributed by atoms with E-state index in [2.05, 4.69) is 15.3 Å². The van der Waals surface area contributed by atoms with E-state index in [1.54, 1.807) is 10.9 Å². The van der Waals surface area contributed by atoms with Gasteiger partial charge in [0, 0.05) is 6.54 Å². The lowest BCUT2D eigenvalue weighted by molar-refractivity contribution is 0.442. The van der Waals surface area contributed by atoms with Crippen LogP contribution < -0.4 is 5.73 Å². The molecule has 0 spiro atoms. The lowest BCUT2D eigenvalue weighted by atomic mass is 10.4. The minimum Gasteiger partial charge on any atom is -0.444 e. The fraction of sp³-hybridized carbons (Fsp3) is 0.444. The van der Waals surface area contributed by atoms with Crippen LogP contribution in [0.3, 0.4) is 0 Å². The number of hydrogen-bond donors (Lipinski definition) is 1. The van der Waals surface area contributed by atoms with E-state index in [1.165, 1.54) is 0 Å². The Hall–Kier alpha value is -1.69. The van der Waals surface area contributed by atoms with Crippen LogP contribution in [0, 0.1) is 13.8 Å².